The van der Waals surface area contributed by atoms with Gasteiger partial charge in [-0.1, -0.05) is 12.1 Å². The van der Waals surface area contributed by atoms with Gasteiger partial charge in [-0.2, -0.15) is 0 Å². The lowest BCUT2D eigenvalue weighted by atomic mass is 10.1. The number of alkyl carbamates (subject to hydrolysis) is 1. The molecule has 0 aliphatic carbocycles. The van der Waals surface area contributed by atoms with Gasteiger partial charge in [0, 0.05) is 25.2 Å². The minimum absolute atomic E-state index is 0.366. The predicted octanol–water partition coefficient (Wildman–Crippen LogP) is 2.13. The Morgan fingerprint density at radius 3 is 2.79 bits per heavy atom. The van der Waals surface area contributed by atoms with E-state index in [1.165, 1.54) is 0 Å². The van der Waals surface area contributed by atoms with Gasteiger partial charge in [0.15, 0.2) is 0 Å². The highest BCUT2D eigenvalue weighted by Crippen LogP contribution is 2.19. The van der Waals surface area contributed by atoms with Gasteiger partial charge in [-0.25, -0.2) is 4.79 Å². The number of hydrogen-bond acceptors (Lipinski definition) is 4. The van der Waals surface area contributed by atoms with Crippen LogP contribution in [0.2, 0.25) is 0 Å². The number of likely N-dealkylation sites (tertiary alicyclic amines) is 1. The molecule has 1 aliphatic rings. The van der Waals surface area contributed by atoms with Crippen LogP contribution in [0.4, 0.5) is 4.79 Å². The molecular weight excluding hydrogens is 306 g/mol. The van der Waals surface area contributed by atoms with Crippen molar-refractivity contribution in [2.24, 2.45) is 11.7 Å². The first-order chi connectivity index (χ1) is 11.2. The highest BCUT2D eigenvalue weighted by molar-refractivity contribution is 5.92. The fourth-order valence-corrected chi connectivity index (χ4v) is 2.85. The number of ether oxygens (including phenoxy) is 1. The third-order valence-corrected chi connectivity index (χ3v) is 3.92. The number of carbonyl (C=O) groups is 2. The molecule has 1 fully saturated rings. The van der Waals surface area contributed by atoms with Crippen LogP contribution < -0.4 is 11.1 Å². The molecule has 1 aliphatic heterocycles. The van der Waals surface area contributed by atoms with Crippen LogP contribution in [0, 0.1) is 5.92 Å². The van der Waals surface area contributed by atoms with Crippen molar-refractivity contribution in [3.8, 4) is 0 Å². The maximum atomic E-state index is 11.7. The van der Waals surface area contributed by atoms with Gasteiger partial charge in [0.25, 0.3) is 0 Å². The molecule has 6 nitrogen and oxygen atoms in total. The maximum Gasteiger partial charge on any atom is 0.407 e. The van der Waals surface area contributed by atoms with E-state index in [0.717, 1.165) is 31.6 Å². The standard InChI is InChI=1S/C18H27N3O3/c1-18(2,3)24-17(23)20-10-14-7-8-21(12-14)11-13-5-4-6-15(9-13)16(19)22/h4-6,9,14H,7-8,10-12H2,1-3H3,(H2,19,22)(H,20,23). The normalized spacial score (nSPS) is 18.4. The number of nitrogens with two attached hydrogens (primary N) is 1. The van der Waals surface area contributed by atoms with Crippen molar-refractivity contribution in [1.82, 2.24) is 10.2 Å². The van der Waals surface area contributed by atoms with E-state index < -0.39 is 11.5 Å². The third kappa shape index (κ3) is 5.85. The molecule has 1 saturated heterocycles. The molecule has 6 heteroatoms. The molecular formula is C18H27N3O3. The highest BCUT2D eigenvalue weighted by atomic mass is 16.6. The Kier molecular flexibility index (Phi) is 5.83. The van der Waals surface area contributed by atoms with Gasteiger partial charge in [0.05, 0.1) is 0 Å². The second-order valence-corrected chi connectivity index (χ2v) is 7.34. The summed E-state index contributed by atoms with van der Waals surface area (Å²) in [7, 11) is 0. The van der Waals surface area contributed by atoms with Gasteiger partial charge >= 0.3 is 6.09 Å². The van der Waals surface area contributed by atoms with Crippen LogP contribution in [-0.4, -0.2) is 42.1 Å². The molecule has 1 atom stereocenters. The Morgan fingerprint density at radius 2 is 2.12 bits per heavy atom. The first kappa shape index (κ1) is 18.3. The number of rotatable bonds is 5. The molecule has 0 bridgehead atoms. The highest BCUT2D eigenvalue weighted by Gasteiger charge is 2.24. The van der Waals surface area contributed by atoms with E-state index >= 15 is 0 Å². The summed E-state index contributed by atoms with van der Waals surface area (Å²) in [6, 6.07) is 7.42. The van der Waals surface area contributed by atoms with Crippen molar-refractivity contribution in [3.63, 3.8) is 0 Å². The monoisotopic (exact) mass is 333 g/mol. The average Bonchev–Trinajstić information content (AvgIpc) is 2.91. The summed E-state index contributed by atoms with van der Waals surface area (Å²) in [5.41, 5.74) is 6.46. The molecule has 0 spiro atoms. The van der Waals surface area contributed by atoms with Crippen LogP contribution in [-0.2, 0) is 11.3 Å². The number of nitrogens with one attached hydrogen (secondary N) is 1. The minimum Gasteiger partial charge on any atom is -0.444 e. The lowest BCUT2D eigenvalue weighted by molar-refractivity contribution is 0.0519. The fraction of sp³-hybridized carbons (Fsp3) is 0.556. The summed E-state index contributed by atoms with van der Waals surface area (Å²) in [5.74, 6) is 0.00884. The Hall–Kier alpha value is -2.08. The van der Waals surface area contributed by atoms with Crippen molar-refractivity contribution >= 4 is 12.0 Å². The molecule has 2 amide bonds. The van der Waals surface area contributed by atoms with E-state index in [2.05, 4.69) is 10.2 Å². The van der Waals surface area contributed by atoms with Gasteiger partial charge in [-0.3, -0.25) is 9.69 Å². The number of hydrogen-bond donors (Lipinski definition) is 2. The zero-order chi connectivity index (χ0) is 17.7. The number of carbonyl (C=O) groups excluding carboxylic acids is 2. The number of benzene rings is 1. The average molecular weight is 333 g/mol. The van der Waals surface area contributed by atoms with Gasteiger partial charge in [-0.15, -0.1) is 0 Å². The van der Waals surface area contributed by atoms with Gasteiger partial charge in [0.2, 0.25) is 5.91 Å². The predicted molar refractivity (Wildman–Crippen MR) is 92.6 cm³/mol. The third-order valence-electron chi connectivity index (χ3n) is 3.92. The summed E-state index contributed by atoms with van der Waals surface area (Å²) >= 11 is 0. The van der Waals surface area contributed by atoms with E-state index in [4.69, 9.17) is 10.5 Å². The second-order valence-electron chi connectivity index (χ2n) is 7.34. The topological polar surface area (TPSA) is 84.7 Å². The van der Waals surface area contributed by atoms with Crippen molar-refractivity contribution in [3.05, 3.63) is 35.4 Å². The van der Waals surface area contributed by atoms with Gasteiger partial charge < -0.3 is 15.8 Å². The van der Waals surface area contributed by atoms with Gasteiger partial charge in [0.1, 0.15) is 5.60 Å². The van der Waals surface area contributed by atoms with Crippen LogP contribution >= 0.6 is 0 Å². The summed E-state index contributed by atoms with van der Waals surface area (Å²) in [6.07, 6.45) is 0.667. The lowest BCUT2D eigenvalue weighted by Crippen LogP contribution is -2.36. The molecule has 3 N–H and O–H groups in total. The van der Waals surface area contributed by atoms with E-state index in [0.29, 0.717) is 18.0 Å². The summed E-state index contributed by atoms with van der Waals surface area (Å²) in [4.78, 5) is 25.3. The van der Waals surface area contributed by atoms with E-state index in [1.807, 2.05) is 39.0 Å². The number of primary amides is 1. The van der Waals surface area contributed by atoms with Crippen LogP contribution in [0.15, 0.2) is 24.3 Å². The SMILES string of the molecule is CC(C)(C)OC(=O)NCC1CCN(Cc2cccc(C(N)=O)c2)C1. The van der Waals surface area contributed by atoms with Crippen molar-refractivity contribution in [2.45, 2.75) is 39.3 Å². The zero-order valence-electron chi connectivity index (χ0n) is 14.7. The first-order valence-electron chi connectivity index (χ1n) is 8.31. The Labute approximate surface area is 143 Å². The van der Waals surface area contributed by atoms with Crippen LogP contribution in [0.3, 0.4) is 0 Å². The van der Waals surface area contributed by atoms with E-state index in [1.54, 1.807) is 6.07 Å². The number of amides is 2. The smallest absolute Gasteiger partial charge is 0.407 e. The van der Waals surface area contributed by atoms with E-state index in [9.17, 15) is 9.59 Å². The molecule has 24 heavy (non-hydrogen) atoms. The Balaban J connectivity index is 1.78. The van der Waals surface area contributed by atoms with Gasteiger partial charge in [-0.05, 0) is 57.4 Å². The summed E-state index contributed by atoms with van der Waals surface area (Å²) in [5, 5.41) is 2.84. The lowest BCUT2D eigenvalue weighted by Gasteiger charge is -2.21. The quantitative estimate of drug-likeness (QED) is 0.864. The minimum atomic E-state index is -0.475. The second kappa shape index (κ2) is 7.66. The molecule has 1 aromatic rings. The maximum absolute atomic E-state index is 11.7. The molecule has 1 unspecified atom stereocenters. The molecule has 1 aromatic carbocycles. The summed E-state index contributed by atoms with van der Waals surface area (Å²) in [6.45, 7) is 8.84. The van der Waals surface area contributed by atoms with E-state index in [-0.39, 0.29) is 6.09 Å². The Morgan fingerprint density at radius 1 is 1.38 bits per heavy atom. The van der Waals surface area contributed by atoms with Crippen molar-refractivity contribution < 1.29 is 14.3 Å². The largest absolute Gasteiger partial charge is 0.444 e. The molecule has 0 aromatic heterocycles. The summed E-state index contributed by atoms with van der Waals surface area (Å²) < 4.78 is 5.25. The molecule has 132 valence electrons. The van der Waals surface area contributed by atoms with Crippen molar-refractivity contribution in [2.75, 3.05) is 19.6 Å². The molecule has 0 saturated carbocycles. The Bertz CT molecular complexity index is 595. The molecule has 1 heterocycles. The first-order valence-corrected chi connectivity index (χ1v) is 8.31. The number of nitrogens with zero attached hydrogens (tertiary/aromatic N) is 1. The molecule has 2 rings (SSSR count). The molecule has 0 radical (unpaired) electrons. The van der Waals surface area contributed by atoms with Crippen LogP contribution in [0.5, 0.6) is 0 Å². The van der Waals surface area contributed by atoms with Crippen molar-refractivity contribution in [1.29, 1.82) is 0 Å². The zero-order valence-corrected chi connectivity index (χ0v) is 14.7. The fourth-order valence-electron chi connectivity index (χ4n) is 2.85. The van der Waals surface area contributed by atoms with Crippen LogP contribution in [0.1, 0.15) is 43.1 Å². The van der Waals surface area contributed by atoms with Crippen LogP contribution in [0.25, 0.3) is 0 Å².